The van der Waals surface area contributed by atoms with Gasteiger partial charge in [0, 0.05) is 32.3 Å². The Morgan fingerprint density at radius 1 is 1.16 bits per heavy atom. The number of ether oxygens (including phenoxy) is 1. The van der Waals surface area contributed by atoms with E-state index in [1.807, 2.05) is 29.8 Å². The summed E-state index contributed by atoms with van der Waals surface area (Å²) in [6.45, 7) is 1.44. The first-order chi connectivity index (χ1) is 15.1. The van der Waals surface area contributed by atoms with Crippen LogP contribution in [0.1, 0.15) is 23.2 Å². The summed E-state index contributed by atoms with van der Waals surface area (Å²) in [6, 6.07) is 9.66. The molecule has 1 aromatic carbocycles. The van der Waals surface area contributed by atoms with Crippen molar-refractivity contribution in [2.45, 2.75) is 25.0 Å². The lowest BCUT2D eigenvalue weighted by Crippen LogP contribution is -2.61. The van der Waals surface area contributed by atoms with E-state index in [1.165, 1.54) is 0 Å². The van der Waals surface area contributed by atoms with Gasteiger partial charge in [0.15, 0.2) is 0 Å². The second-order valence-corrected chi connectivity index (χ2v) is 8.84. The number of pyridine rings is 1. The van der Waals surface area contributed by atoms with Gasteiger partial charge in [0.25, 0.3) is 5.91 Å². The monoisotopic (exact) mass is 437 g/mol. The van der Waals surface area contributed by atoms with E-state index in [4.69, 9.17) is 4.74 Å². The summed E-state index contributed by atoms with van der Waals surface area (Å²) >= 11 is 1.60. The molecule has 2 fully saturated rings. The third-order valence-electron chi connectivity index (χ3n) is 5.87. The van der Waals surface area contributed by atoms with Crippen molar-refractivity contribution >= 4 is 39.2 Å². The topological polar surface area (TPSA) is 96.5 Å². The third kappa shape index (κ3) is 3.93. The Morgan fingerprint density at radius 3 is 2.74 bits per heavy atom. The standard InChI is InChI=1S/C22H23N5O3S/c1-23-21(28)13-5-6-19(24-9-13)27-10-15(11-27)26-22(29)14-7-16(8-14)30-17-3-2-4-18-20(17)25-12-31-18/h2-6,9,12,14-16H,7-8,10-11H2,1H3,(H,23,28)(H,26,29)/t14-,16-. The zero-order chi connectivity index (χ0) is 21.4. The summed E-state index contributed by atoms with van der Waals surface area (Å²) in [4.78, 5) is 34.9. The normalized spacial score (nSPS) is 20.6. The van der Waals surface area contributed by atoms with E-state index in [0.29, 0.717) is 5.56 Å². The minimum absolute atomic E-state index is 0.00125. The van der Waals surface area contributed by atoms with Crippen molar-refractivity contribution in [1.29, 1.82) is 0 Å². The first-order valence-corrected chi connectivity index (χ1v) is 11.2. The highest BCUT2D eigenvalue weighted by atomic mass is 32.1. The van der Waals surface area contributed by atoms with Crippen LogP contribution in [0.5, 0.6) is 5.75 Å². The Kier molecular flexibility index (Phi) is 5.19. The molecule has 9 heteroatoms. The SMILES string of the molecule is CNC(=O)c1ccc(N2CC(NC(=O)[C@H]3C[C@H](Oc4cccc5scnc45)C3)C2)nc1. The number of carbonyl (C=O) groups excluding carboxylic acids is 2. The molecule has 8 nitrogen and oxygen atoms in total. The number of fused-ring (bicyclic) bond motifs is 1. The van der Waals surface area contributed by atoms with Crippen molar-refractivity contribution in [1.82, 2.24) is 20.6 Å². The molecule has 2 aliphatic rings. The van der Waals surface area contributed by atoms with Crippen molar-refractivity contribution < 1.29 is 14.3 Å². The molecule has 3 heterocycles. The maximum Gasteiger partial charge on any atom is 0.252 e. The fourth-order valence-corrected chi connectivity index (χ4v) is 4.63. The fourth-order valence-electron chi connectivity index (χ4n) is 3.94. The van der Waals surface area contributed by atoms with Crippen LogP contribution < -0.4 is 20.3 Å². The number of carbonyl (C=O) groups is 2. The second-order valence-electron chi connectivity index (χ2n) is 7.96. The molecule has 1 aliphatic heterocycles. The van der Waals surface area contributed by atoms with E-state index in [-0.39, 0.29) is 29.9 Å². The van der Waals surface area contributed by atoms with Gasteiger partial charge in [0.2, 0.25) is 5.91 Å². The van der Waals surface area contributed by atoms with Gasteiger partial charge in [0.1, 0.15) is 23.2 Å². The summed E-state index contributed by atoms with van der Waals surface area (Å²) < 4.78 is 7.19. The summed E-state index contributed by atoms with van der Waals surface area (Å²) in [5.74, 6) is 1.55. The van der Waals surface area contributed by atoms with E-state index >= 15 is 0 Å². The Balaban J connectivity index is 1.07. The van der Waals surface area contributed by atoms with Crippen molar-refractivity contribution in [2.24, 2.45) is 5.92 Å². The van der Waals surface area contributed by atoms with Gasteiger partial charge in [0.05, 0.1) is 21.8 Å². The molecular formula is C22H23N5O3S. The fraction of sp³-hybridized carbons (Fsp3) is 0.364. The molecule has 0 unspecified atom stereocenters. The van der Waals surface area contributed by atoms with E-state index in [1.54, 1.807) is 30.6 Å². The minimum Gasteiger partial charge on any atom is -0.488 e. The van der Waals surface area contributed by atoms with E-state index in [9.17, 15) is 9.59 Å². The zero-order valence-electron chi connectivity index (χ0n) is 17.1. The summed E-state index contributed by atoms with van der Waals surface area (Å²) in [5, 5.41) is 5.71. The number of thiazole rings is 1. The quantitative estimate of drug-likeness (QED) is 0.614. The molecule has 0 spiro atoms. The van der Waals surface area contributed by atoms with Crippen LogP contribution in [0.4, 0.5) is 5.82 Å². The second kappa shape index (κ2) is 8.14. The molecule has 0 atom stereocenters. The number of anilines is 1. The van der Waals surface area contributed by atoms with Gasteiger partial charge in [-0.15, -0.1) is 11.3 Å². The lowest BCUT2D eigenvalue weighted by Gasteiger charge is -2.42. The number of aromatic nitrogens is 2. The van der Waals surface area contributed by atoms with Gasteiger partial charge < -0.3 is 20.3 Å². The Morgan fingerprint density at radius 2 is 2.00 bits per heavy atom. The molecule has 2 amide bonds. The van der Waals surface area contributed by atoms with Crippen LogP contribution in [0, 0.1) is 5.92 Å². The lowest BCUT2D eigenvalue weighted by atomic mass is 9.81. The predicted molar refractivity (Wildman–Crippen MR) is 119 cm³/mol. The molecule has 160 valence electrons. The number of nitrogens with zero attached hydrogens (tertiary/aromatic N) is 3. The highest BCUT2D eigenvalue weighted by Gasteiger charge is 2.38. The molecule has 1 saturated carbocycles. The number of rotatable bonds is 6. The highest BCUT2D eigenvalue weighted by Crippen LogP contribution is 2.35. The molecule has 0 radical (unpaired) electrons. The summed E-state index contributed by atoms with van der Waals surface area (Å²) in [7, 11) is 1.59. The van der Waals surface area contributed by atoms with E-state index in [2.05, 4.69) is 25.5 Å². The lowest BCUT2D eigenvalue weighted by molar-refractivity contribution is -0.131. The van der Waals surface area contributed by atoms with Crippen molar-refractivity contribution in [3.63, 3.8) is 0 Å². The molecule has 5 rings (SSSR count). The van der Waals surface area contributed by atoms with E-state index in [0.717, 1.165) is 47.7 Å². The molecule has 31 heavy (non-hydrogen) atoms. The molecule has 3 aromatic rings. The van der Waals surface area contributed by atoms with Crippen molar-refractivity contribution in [3.05, 3.63) is 47.6 Å². The van der Waals surface area contributed by atoms with Gasteiger partial charge >= 0.3 is 0 Å². The number of benzene rings is 1. The van der Waals surface area contributed by atoms with Crippen LogP contribution >= 0.6 is 11.3 Å². The number of hydrogen-bond donors (Lipinski definition) is 2. The summed E-state index contributed by atoms with van der Waals surface area (Å²) in [5.41, 5.74) is 3.25. The van der Waals surface area contributed by atoms with Crippen LogP contribution in [0.25, 0.3) is 10.2 Å². The van der Waals surface area contributed by atoms with Crippen LogP contribution in [0.15, 0.2) is 42.0 Å². The largest absolute Gasteiger partial charge is 0.488 e. The van der Waals surface area contributed by atoms with Gasteiger partial charge in [-0.05, 0) is 37.1 Å². The molecule has 2 N–H and O–H groups in total. The highest BCUT2D eigenvalue weighted by molar-refractivity contribution is 7.16. The Bertz CT molecular complexity index is 1100. The molecule has 1 saturated heterocycles. The van der Waals surface area contributed by atoms with Crippen molar-refractivity contribution in [3.8, 4) is 5.75 Å². The molecule has 2 aromatic heterocycles. The number of para-hydroxylation sites is 1. The van der Waals surface area contributed by atoms with Crippen LogP contribution in [-0.4, -0.2) is 54.1 Å². The van der Waals surface area contributed by atoms with Crippen LogP contribution in [-0.2, 0) is 4.79 Å². The smallest absolute Gasteiger partial charge is 0.252 e. The maximum absolute atomic E-state index is 12.5. The number of nitrogens with one attached hydrogen (secondary N) is 2. The average Bonchev–Trinajstić information content (AvgIpc) is 3.22. The molecular weight excluding hydrogens is 414 g/mol. The van der Waals surface area contributed by atoms with Crippen LogP contribution in [0.3, 0.4) is 0 Å². The maximum atomic E-state index is 12.5. The minimum atomic E-state index is -0.154. The summed E-state index contributed by atoms with van der Waals surface area (Å²) in [6.07, 6.45) is 3.08. The zero-order valence-corrected chi connectivity index (χ0v) is 17.9. The average molecular weight is 438 g/mol. The van der Waals surface area contributed by atoms with Gasteiger partial charge in [-0.25, -0.2) is 9.97 Å². The Labute approximate surface area is 183 Å². The molecule has 1 aliphatic carbocycles. The third-order valence-corrected chi connectivity index (χ3v) is 6.67. The van der Waals surface area contributed by atoms with Gasteiger partial charge in [-0.1, -0.05) is 6.07 Å². The van der Waals surface area contributed by atoms with Gasteiger partial charge in [-0.3, -0.25) is 9.59 Å². The Hall–Kier alpha value is -3.20. The predicted octanol–water partition coefficient (Wildman–Crippen LogP) is 2.21. The van der Waals surface area contributed by atoms with Crippen molar-refractivity contribution in [2.75, 3.05) is 25.0 Å². The first-order valence-electron chi connectivity index (χ1n) is 10.3. The van der Waals surface area contributed by atoms with E-state index < -0.39 is 0 Å². The number of amides is 2. The first kappa shape index (κ1) is 19.7. The van der Waals surface area contributed by atoms with Gasteiger partial charge in [-0.2, -0.15) is 0 Å². The molecule has 0 bridgehead atoms. The van der Waals surface area contributed by atoms with Crippen LogP contribution in [0.2, 0.25) is 0 Å². The number of hydrogen-bond acceptors (Lipinski definition) is 7.